The molecular weight excluding hydrogens is 557 g/mol. The molecule has 0 unspecified atom stereocenters. The Labute approximate surface area is 258 Å². The van der Waals surface area contributed by atoms with Gasteiger partial charge >= 0.3 is 0 Å². The highest BCUT2D eigenvalue weighted by molar-refractivity contribution is 8.01. The van der Waals surface area contributed by atoms with Crippen LogP contribution >= 0.6 is 7.26 Å². The van der Waals surface area contributed by atoms with Crippen LogP contribution in [-0.4, -0.2) is 11.8 Å². The van der Waals surface area contributed by atoms with Crippen molar-refractivity contribution < 1.29 is 9.59 Å². The third kappa shape index (κ3) is 4.86. The molecule has 0 N–H and O–H groups in total. The van der Waals surface area contributed by atoms with E-state index in [2.05, 4.69) is 97.1 Å². The number of anilines is 1. The molecular formula is C40H31NO2P+. The van der Waals surface area contributed by atoms with Crippen molar-refractivity contribution in [1.82, 2.24) is 0 Å². The lowest BCUT2D eigenvalue weighted by Gasteiger charge is -2.28. The number of nitrogens with zero attached hydrogens (tertiary/aromatic N) is 1. The van der Waals surface area contributed by atoms with E-state index in [0.717, 1.165) is 23.7 Å². The second-order valence-electron chi connectivity index (χ2n) is 11.0. The van der Waals surface area contributed by atoms with Gasteiger partial charge < -0.3 is 0 Å². The van der Waals surface area contributed by atoms with Gasteiger partial charge in [0.15, 0.2) is 0 Å². The van der Waals surface area contributed by atoms with Crippen LogP contribution in [0.1, 0.15) is 31.8 Å². The number of aryl methyl sites for hydroxylation is 2. The number of benzene rings is 6. The number of rotatable bonds is 8. The van der Waals surface area contributed by atoms with Crippen molar-refractivity contribution in [1.29, 1.82) is 0 Å². The van der Waals surface area contributed by atoms with Crippen molar-refractivity contribution in [3.05, 3.63) is 186 Å². The Morgan fingerprint density at radius 2 is 0.886 bits per heavy atom. The number of hydrogen-bond acceptors (Lipinski definition) is 2. The second-order valence-corrected chi connectivity index (χ2v) is 14.4. The van der Waals surface area contributed by atoms with Crippen LogP contribution in [0.4, 0.5) is 5.69 Å². The average molecular weight is 589 g/mol. The quantitative estimate of drug-likeness (QED) is 0.143. The van der Waals surface area contributed by atoms with E-state index in [1.807, 2.05) is 66.7 Å². The molecule has 212 valence electrons. The lowest BCUT2D eigenvalue weighted by molar-refractivity contribution is 0.0926. The second kappa shape index (κ2) is 11.9. The Morgan fingerprint density at radius 1 is 0.409 bits per heavy atom. The lowest BCUT2D eigenvalue weighted by atomic mass is 10.0. The van der Waals surface area contributed by atoms with Crippen molar-refractivity contribution >= 4 is 46.0 Å². The van der Waals surface area contributed by atoms with Crippen LogP contribution in [-0.2, 0) is 12.8 Å². The number of imide groups is 1. The molecule has 0 saturated heterocycles. The fourth-order valence-corrected chi connectivity index (χ4v) is 10.6. The van der Waals surface area contributed by atoms with Gasteiger partial charge in [-0.15, -0.1) is 0 Å². The number of carbonyl (C=O) groups excluding carboxylic acids is 2. The molecule has 0 radical (unpaired) electrons. The predicted octanol–water partition coefficient (Wildman–Crippen LogP) is 6.89. The Balaban J connectivity index is 1.31. The summed E-state index contributed by atoms with van der Waals surface area (Å²) in [6.07, 6.45) is 1.67. The molecule has 2 amide bonds. The summed E-state index contributed by atoms with van der Waals surface area (Å²) >= 11 is 0. The van der Waals surface area contributed by atoms with Gasteiger partial charge in [-0.1, -0.05) is 97.1 Å². The van der Waals surface area contributed by atoms with Crippen LogP contribution in [0.3, 0.4) is 0 Å². The van der Waals surface area contributed by atoms with Crippen LogP contribution < -0.4 is 26.1 Å². The van der Waals surface area contributed by atoms with Gasteiger partial charge in [0, 0.05) is 6.07 Å². The van der Waals surface area contributed by atoms with Crippen LogP contribution in [0.15, 0.2) is 164 Å². The number of carbonyl (C=O) groups is 2. The third-order valence-electron chi connectivity index (χ3n) is 8.40. The maximum Gasteiger partial charge on any atom is 0.266 e. The standard InChI is InChI=1S/C40H31NO2P/c42-39-37-27-26-31(25-24-30-14-5-1-6-15-30)28-38(37)40(43)41(39)32-16-13-23-36(29-32)44(33-17-7-2-8-18-33,34-19-9-3-10-20-34)35-21-11-4-12-22-35/h1-23,26-29H,24-25H2/q+1. The summed E-state index contributed by atoms with van der Waals surface area (Å²) in [6, 6.07) is 55.8. The van der Waals surface area contributed by atoms with Gasteiger partial charge in [-0.2, -0.15) is 0 Å². The van der Waals surface area contributed by atoms with Crippen molar-refractivity contribution in [2.24, 2.45) is 0 Å². The van der Waals surface area contributed by atoms with Crippen molar-refractivity contribution in [3.8, 4) is 0 Å². The maximum atomic E-state index is 13.9. The van der Waals surface area contributed by atoms with Gasteiger partial charge in [-0.25, -0.2) is 4.90 Å². The van der Waals surface area contributed by atoms with Gasteiger partial charge in [0.05, 0.1) is 16.8 Å². The van der Waals surface area contributed by atoms with E-state index in [1.54, 1.807) is 0 Å². The Kier molecular flexibility index (Phi) is 7.48. The summed E-state index contributed by atoms with van der Waals surface area (Å²) < 4.78 is 0. The molecule has 0 fully saturated rings. The smallest absolute Gasteiger partial charge is 0.266 e. The molecule has 0 bridgehead atoms. The monoisotopic (exact) mass is 588 g/mol. The minimum Gasteiger partial charge on any atom is -0.268 e. The van der Waals surface area contributed by atoms with Crippen molar-refractivity contribution in [2.45, 2.75) is 12.8 Å². The zero-order valence-corrected chi connectivity index (χ0v) is 25.1. The molecule has 1 heterocycles. The van der Waals surface area contributed by atoms with E-state index in [-0.39, 0.29) is 11.8 Å². The molecule has 6 aromatic carbocycles. The van der Waals surface area contributed by atoms with E-state index in [1.165, 1.54) is 26.4 Å². The minimum atomic E-state index is -2.38. The molecule has 0 atom stereocenters. The van der Waals surface area contributed by atoms with Gasteiger partial charge in [0.25, 0.3) is 11.8 Å². The van der Waals surface area contributed by atoms with E-state index in [4.69, 9.17) is 0 Å². The van der Waals surface area contributed by atoms with E-state index >= 15 is 0 Å². The first-order valence-corrected chi connectivity index (χ1v) is 16.7. The molecule has 1 aliphatic rings. The summed E-state index contributed by atoms with van der Waals surface area (Å²) in [5.74, 6) is -0.549. The van der Waals surface area contributed by atoms with Crippen molar-refractivity contribution in [2.75, 3.05) is 4.90 Å². The summed E-state index contributed by atoms with van der Waals surface area (Å²) in [5, 5.41) is 4.71. The third-order valence-corrected chi connectivity index (χ3v) is 12.7. The van der Waals surface area contributed by atoms with Gasteiger partial charge in [0.1, 0.15) is 28.5 Å². The van der Waals surface area contributed by atoms with Crippen LogP contribution in [0, 0.1) is 0 Å². The Hall–Kier alpha value is -5.11. The van der Waals surface area contributed by atoms with Gasteiger partial charge in [-0.3, -0.25) is 9.59 Å². The molecule has 7 rings (SSSR count). The SMILES string of the molecule is O=C1c2ccc(CCc3ccccc3)cc2C(=O)N1c1cccc([P+](c2ccccc2)(c2ccccc2)c2ccccc2)c1. The Morgan fingerprint density at radius 3 is 1.45 bits per heavy atom. The minimum absolute atomic E-state index is 0.272. The summed E-state index contributed by atoms with van der Waals surface area (Å²) in [7, 11) is -2.38. The highest BCUT2D eigenvalue weighted by Crippen LogP contribution is 2.54. The average Bonchev–Trinajstić information content (AvgIpc) is 3.34. The first kappa shape index (κ1) is 27.7. The summed E-state index contributed by atoms with van der Waals surface area (Å²) in [4.78, 5) is 29.1. The highest BCUT2D eigenvalue weighted by atomic mass is 31.2. The van der Waals surface area contributed by atoms with E-state index in [9.17, 15) is 9.59 Å². The molecule has 3 nitrogen and oxygen atoms in total. The fraction of sp³-hybridized carbons (Fsp3) is 0.0500. The Bertz CT molecular complexity index is 1840. The summed E-state index contributed by atoms with van der Waals surface area (Å²) in [6.45, 7) is 0. The van der Waals surface area contributed by atoms with Gasteiger partial charge in [-0.05, 0) is 84.6 Å². The fourth-order valence-electron chi connectivity index (χ4n) is 6.30. The zero-order valence-electron chi connectivity index (χ0n) is 24.2. The molecule has 0 aliphatic carbocycles. The molecule has 4 heteroatoms. The number of fused-ring (bicyclic) bond motifs is 1. The molecule has 0 saturated carbocycles. The predicted molar refractivity (Wildman–Crippen MR) is 183 cm³/mol. The van der Waals surface area contributed by atoms with Crippen molar-refractivity contribution in [3.63, 3.8) is 0 Å². The molecule has 44 heavy (non-hydrogen) atoms. The number of hydrogen-bond donors (Lipinski definition) is 0. The molecule has 1 aliphatic heterocycles. The lowest BCUT2D eigenvalue weighted by Crippen LogP contribution is -2.39. The van der Waals surface area contributed by atoms with E-state index in [0.29, 0.717) is 16.8 Å². The topological polar surface area (TPSA) is 37.4 Å². The molecule has 0 aromatic heterocycles. The summed E-state index contributed by atoms with van der Waals surface area (Å²) in [5.41, 5.74) is 3.81. The first-order chi connectivity index (χ1) is 21.7. The first-order valence-electron chi connectivity index (χ1n) is 14.9. The van der Waals surface area contributed by atoms with Crippen LogP contribution in [0.25, 0.3) is 0 Å². The maximum absolute atomic E-state index is 13.9. The largest absolute Gasteiger partial charge is 0.268 e. The zero-order chi connectivity index (χ0) is 29.9. The molecule has 6 aromatic rings. The van der Waals surface area contributed by atoms with Crippen LogP contribution in [0.5, 0.6) is 0 Å². The van der Waals surface area contributed by atoms with Crippen LogP contribution in [0.2, 0.25) is 0 Å². The highest BCUT2D eigenvalue weighted by Gasteiger charge is 2.48. The van der Waals surface area contributed by atoms with E-state index < -0.39 is 7.26 Å². The normalized spacial score (nSPS) is 12.8. The molecule has 0 spiro atoms. The number of amides is 2. The van der Waals surface area contributed by atoms with Gasteiger partial charge in [0.2, 0.25) is 0 Å².